The standard InChI is InChI=1S/C11H10FN3O/c1-7(16)8-3-4-10(12)9(5-8)11-6-13-14-15(11)2/h3-6H,1-2H3. The summed E-state index contributed by atoms with van der Waals surface area (Å²) in [5, 5.41) is 7.40. The molecule has 82 valence electrons. The fourth-order valence-electron chi connectivity index (χ4n) is 1.47. The van der Waals surface area contributed by atoms with Crippen LogP contribution >= 0.6 is 0 Å². The lowest BCUT2D eigenvalue weighted by Gasteiger charge is -2.04. The molecule has 0 unspecified atom stereocenters. The molecule has 0 radical (unpaired) electrons. The van der Waals surface area contributed by atoms with Crippen molar-refractivity contribution in [3.63, 3.8) is 0 Å². The fraction of sp³-hybridized carbons (Fsp3) is 0.182. The van der Waals surface area contributed by atoms with Gasteiger partial charge in [0.15, 0.2) is 5.78 Å². The van der Waals surface area contributed by atoms with Crippen molar-refractivity contribution >= 4 is 5.78 Å². The zero-order chi connectivity index (χ0) is 11.7. The van der Waals surface area contributed by atoms with Crippen LogP contribution in [-0.4, -0.2) is 20.8 Å². The third-order valence-electron chi connectivity index (χ3n) is 2.36. The molecule has 5 heteroatoms. The average molecular weight is 219 g/mol. The molecule has 1 aromatic heterocycles. The van der Waals surface area contributed by atoms with Gasteiger partial charge < -0.3 is 0 Å². The quantitative estimate of drug-likeness (QED) is 0.724. The first-order valence-electron chi connectivity index (χ1n) is 4.75. The van der Waals surface area contributed by atoms with Gasteiger partial charge in [-0.05, 0) is 25.1 Å². The number of aromatic nitrogens is 3. The largest absolute Gasteiger partial charge is 0.295 e. The Labute approximate surface area is 91.7 Å². The summed E-state index contributed by atoms with van der Waals surface area (Å²) in [6, 6.07) is 4.25. The number of halogens is 1. The van der Waals surface area contributed by atoms with Gasteiger partial charge in [-0.25, -0.2) is 9.07 Å². The Morgan fingerprint density at radius 2 is 2.19 bits per heavy atom. The Kier molecular flexibility index (Phi) is 2.52. The number of carbonyl (C=O) groups excluding carboxylic acids is 1. The third kappa shape index (κ3) is 1.71. The summed E-state index contributed by atoms with van der Waals surface area (Å²) in [6.45, 7) is 1.44. The van der Waals surface area contributed by atoms with Crippen LogP contribution < -0.4 is 0 Å². The van der Waals surface area contributed by atoms with E-state index in [0.717, 1.165) is 0 Å². The Hall–Kier alpha value is -2.04. The molecule has 0 saturated carbocycles. The van der Waals surface area contributed by atoms with E-state index < -0.39 is 5.82 Å². The lowest BCUT2D eigenvalue weighted by Crippen LogP contribution is -1.98. The summed E-state index contributed by atoms with van der Waals surface area (Å²) in [4.78, 5) is 11.2. The highest BCUT2D eigenvalue weighted by Crippen LogP contribution is 2.22. The molecular formula is C11H10FN3O. The van der Waals surface area contributed by atoms with Crippen molar-refractivity contribution in [2.24, 2.45) is 7.05 Å². The van der Waals surface area contributed by atoms with Gasteiger partial charge in [0.2, 0.25) is 0 Å². The summed E-state index contributed by atoms with van der Waals surface area (Å²) in [6.07, 6.45) is 1.46. The molecule has 4 nitrogen and oxygen atoms in total. The Morgan fingerprint density at radius 3 is 2.75 bits per heavy atom. The summed E-state index contributed by atoms with van der Waals surface area (Å²) in [5.74, 6) is -0.494. The minimum atomic E-state index is -0.393. The topological polar surface area (TPSA) is 47.8 Å². The minimum absolute atomic E-state index is 0.101. The number of hydrogen-bond donors (Lipinski definition) is 0. The van der Waals surface area contributed by atoms with E-state index in [1.54, 1.807) is 7.05 Å². The molecule has 0 bridgehead atoms. The number of rotatable bonds is 2. The second-order valence-electron chi connectivity index (χ2n) is 3.49. The zero-order valence-electron chi connectivity index (χ0n) is 8.94. The third-order valence-corrected chi connectivity index (χ3v) is 2.36. The predicted octanol–water partition coefficient (Wildman–Crippen LogP) is 1.82. The summed E-state index contributed by atoms with van der Waals surface area (Å²) >= 11 is 0. The molecule has 0 aliphatic heterocycles. The van der Waals surface area contributed by atoms with Gasteiger partial charge in [-0.15, -0.1) is 5.10 Å². The van der Waals surface area contributed by atoms with Crippen LogP contribution in [0.3, 0.4) is 0 Å². The average Bonchev–Trinajstić information content (AvgIpc) is 2.65. The highest BCUT2D eigenvalue weighted by molar-refractivity contribution is 5.95. The maximum Gasteiger partial charge on any atom is 0.159 e. The van der Waals surface area contributed by atoms with Crippen molar-refractivity contribution in [1.29, 1.82) is 0 Å². The minimum Gasteiger partial charge on any atom is -0.295 e. The number of aryl methyl sites for hydroxylation is 1. The van der Waals surface area contributed by atoms with Gasteiger partial charge >= 0.3 is 0 Å². The van der Waals surface area contributed by atoms with Crippen LogP contribution in [0.4, 0.5) is 4.39 Å². The monoisotopic (exact) mass is 219 g/mol. The first-order chi connectivity index (χ1) is 7.59. The van der Waals surface area contributed by atoms with Crippen molar-refractivity contribution < 1.29 is 9.18 Å². The molecule has 1 aromatic carbocycles. The first-order valence-corrected chi connectivity index (χ1v) is 4.75. The molecule has 0 atom stereocenters. The van der Waals surface area contributed by atoms with Crippen LogP contribution in [0.5, 0.6) is 0 Å². The first kappa shape index (κ1) is 10.5. The van der Waals surface area contributed by atoms with Crippen molar-refractivity contribution in [2.45, 2.75) is 6.92 Å². The van der Waals surface area contributed by atoms with Crippen LogP contribution in [0.15, 0.2) is 24.4 Å². The molecule has 0 N–H and O–H groups in total. The van der Waals surface area contributed by atoms with Crippen LogP contribution in [0.1, 0.15) is 17.3 Å². The number of nitrogens with zero attached hydrogens (tertiary/aromatic N) is 3. The molecule has 2 rings (SSSR count). The highest BCUT2D eigenvalue weighted by atomic mass is 19.1. The molecule has 0 fully saturated rings. The molecule has 0 aliphatic carbocycles. The number of ketones is 1. The SMILES string of the molecule is CC(=O)c1ccc(F)c(-c2cnnn2C)c1. The smallest absolute Gasteiger partial charge is 0.159 e. The number of carbonyl (C=O) groups is 1. The number of benzene rings is 1. The molecule has 0 spiro atoms. The lowest BCUT2D eigenvalue weighted by atomic mass is 10.1. The highest BCUT2D eigenvalue weighted by Gasteiger charge is 2.11. The van der Waals surface area contributed by atoms with E-state index in [0.29, 0.717) is 16.8 Å². The molecular weight excluding hydrogens is 209 g/mol. The van der Waals surface area contributed by atoms with Gasteiger partial charge in [-0.3, -0.25) is 4.79 Å². The van der Waals surface area contributed by atoms with Crippen LogP contribution in [0, 0.1) is 5.82 Å². The van der Waals surface area contributed by atoms with Crippen molar-refractivity contribution in [2.75, 3.05) is 0 Å². The van der Waals surface area contributed by atoms with Crippen LogP contribution in [-0.2, 0) is 7.05 Å². The lowest BCUT2D eigenvalue weighted by molar-refractivity contribution is 0.101. The molecule has 1 heterocycles. The second-order valence-corrected chi connectivity index (χ2v) is 3.49. The van der Waals surface area contributed by atoms with Gasteiger partial charge in [0.1, 0.15) is 5.82 Å². The maximum atomic E-state index is 13.6. The van der Waals surface area contributed by atoms with Gasteiger partial charge in [0.05, 0.1) is 11.9 Å². The van der Waals surface area contributed by atoms with Crippen LogP contribution in [0.2, 0.25) is 0 Å². The summed E-state index contributed by atoms with van der Waals surface area (Å²) < 4.78 is 15.1. The Balaban J connectivity index is 2.60. The molecule has 2 aromatic rings. The summed E-state index contributed by atoms with van der Waals surface area (Å²) in [7, 11) is 1.67. The zero-order valence-corrected chi connectivity index (χ0v) is 8.94. The van der Waals surface area contributed by atoms with E-state index in [-0.39, 0.29) is 5.78 Å². The van der Waals surface area contributed by atoms with E-state index in [9.17, 15) is 9.18 Å². The normalized spacial score (nSPS) is 10.4. The molecule has 0 amide bonds. The van der Waals surface area contributed by atoms with E-state index in [2.05, 4.69) is 10.3 Å². The van der Waals surface area contributed by atoms with E-state index >= 15 is 0 Å². The second kappa shape index (κ2) is 3.84. The maximum absolute atomic E-state index is 13.6. The van der Waals surface area contributed by atoms with Gasteiger partial charge in [0.25, 0.3) is 0 Å². The van der Waals surface area contributed by atoms with E-state index in [1.807, 2.05) is 0 Å². The molecule has 0 aliphatic rings. The number of hydrogen-bond acceptors (Lipinski definition) is 3. The summed E-state index contributed by atoms with van der Waals surface area (Å²) in [5.41, 5.74) is 1.35. The van der Waals surface area contributed by atoms with Crippen molar-refractivity contribution in [1.82, 2.24) is 15.0 Å². The number of Topliss-reactive ketones (excluding diaryl/α,β-unsaturated/α-hetero) is 1. The van der Waals surface area contributed by atoms with Gasteiger partial charge in [-0.2, -0.15) is 0 Å². The molecule has 16 heavy (non-hydrogen) atoms. The Morgan fingerprint density at radius 1 is 1.44 bits per heavy atom. The molecule has 0 saturated heterocycles. The van der Waals surface area contributed by atoms with E-state index in [4.69, 9.17) is 0 Å². The van der Waals surface area contributed by atoms with E-state index in [1.165, 1.54) is 36.0 Å². The van der Waals surface area contributed by atoms with Crippen molar-refractivity contribution in [3.8, 4) is 11.3 Å². The van der Waals surface area contributed by atoms with Gasteiger partial charge in [-0.1, -0.05) is 5.21 Å². The predicted molar refractivity (Wildman–Crippen MR) is 56.4 cm³/mol. The Bertz CT molecular complexity index is 548. The van der Waals surface area contributed by atoms with Crippen molar-refractivity contribution in [3.05, 3.63) is 35.8 Å². The van der Waals surface area contributed by atoms with Gasteiger partial charge in [0, 0.05) is 18.2 Å². The van der Waals surface area contributed by atoms with Crippen LogP contribution in [0.25, 0.3) is 11.3 Å². The fourth-order valence-corrected chi connectivity index (χ4v) is 1.47.